The van der Waals surface area contributed by atoms with Crippen molar-refractivity contribution in [3.05, 3.63) is 51.4 Å². The second-order valence-corrected chi connectivity index (χ2v) is 7.22. The number of hydrogen-bond donors (Lipinski definition) is 2. The number of nitrogens with zero attached hydrogens (tertiary/aromatic N) is 2. The zero-order valence-corrected chi connectivity index (χ0v) is 13.8. The van der Waals surface area contributed by atoms with Gasteiger partial charge in [0.15, 0.2) is 0 Å². The van der Waals surface area contributed by atoms with Crippen molar-refractivity contribution in [2.75, 3.05) is 19.4 Å². The van der Waals surface area contributed by atoms with E-state index in [2.05, 4.69) is 15.5 Å². The predicted molar refractivity (Wildman–Crippen MR) is 85.1 cm³/mol. The molecule has 1 amide bonds. The van der Waals surface area contributed by atoms with Gasteiger partial charge in [0.25, 0.3) is 11.5 Å². The Balaban J connectivity index is 2.33. The van der Waals surface area contributed by atoms with Crippen LogP contribution in [0, 0.1) is 0 Å². The molecule has 1 heterocycles. The molecule has 0 aliphatic rings. The number of H-pyrrole nitrogens is 1. The summed E-state index contributed by atoms with van der Waals surface area (Å²) < 4.78 is 25.4. The Bertz CT molecular complexity index is 888. The monoisotopic (exact) mass is 356 g/mol. The number of anilines is 1. The Kier molecular flexibility index (Phi) is 4.83. The summed E-state index contributed by atoms with van der Waals surface area (Å²) in [6.45, 7) is 0. The van der Waals surface area contributed by atoms with Crippen molar-refractivity contribution in [2.45, 2.75) is 4.90 Å². The summed E-state index contributed by atoms with van der Waals surface area (Å²) in [6.07, 6.45) is 0. The lowest BCUT2D eigenvalue weighted by atomic mass is 10.3. The minimum atomic E-state index is -3.75. The minimum absolute atomic E-state index is 0.0171. The molecule has 10 heteroatoms. The fourth-order valence-corrected chi connectivity index (χ4v) is 3.04. The summed E-state index contributed by atoms with van der Waals surface area (Å²) in [4.78, 5) is 22.8. The van der Waals surface area contributed by atoms with Crippen molar-refractivity contribution >= 4 is 33.2 Å². The Morgan fingerprint density at radius 1 is 1.26 bits per heavy atom. The molecular weight excluding hydrogens is 344 g/mol. The van der Waals surface area contributed by atoms with Crippen LogP contribution < -0.4 is 10.9 Å². The van der Waals surface area contributed by atoms with E-state index in [9.17, 15) is 18.0 Å². The van der Waals surface area contributed by atoms with E-state index in [1.807, 2.05) is 0 Å². The Hall–Kier alpha value is -2.23. The number of halogens is 1. The van der Waals surface area contributed by atoms with Gasteiger partial charge in [-0.15, -0.1) is 0 Å². The number of rotatable bonds is 4. The van der Waals surface area contributed by atoms with Crippen LogP contribution in [0.2, 0.25) is 5.02 Å². The Labute approximate surface area is 137 Å². The smallest absolute Gasteiger partial charge is 0.276 e. The van der Waals surface area contributed by atoms with Crippen molar-refractivity contribution in [2.24, 2.45) is 0 Å². The predicted octanol–water partition coefficient (Wildman–Crippen LogP) is 0.926. The molecule has 2 N–H and O–H groups in total. The van der Waals surface area contributed by atoms with Gasteiger partial charge in [-0.2, -0.15) is 5.10 Å². The van der Waals surface area contributed by atoms with E-state index in [1.165, 1.54) is 38.4 Å². The molecule has 23 heavy (non-hydrogen) atoms. The summed E-state index contributed by atoms with van der Waals surface area (Å²) in [6, 6.07) is 6.49. The van der Waals surface area contributed by atoms with Crippen LogP contribution in [0.15, 0.2) is 40.0 Å². The van der Waals surface area contributed by atoms with Crippen LogP contribution in [0.25, 0.3) is 0 Å². The van der Waals surface area contributed by atoms with Gasteiger partial charge >= 0.3 is 0 Å². The molecule has 2 rings (SSSR count). The van der Waals surface area contributed by atoms with Crippen molar-refractivity contribution < 1.29 is 13.2 Å². The molecule has 0 saturated heterocycles. The third-order valence-corrected chi connectivity index (χ3v) is 5.16. The lowest BCUT2D eigenvalue weighted by Crippen LogP contribution is -2.23. The van der Waals surface area contributed by atoms with Crippen LogP contribution in [-0.2, 0) is 10.0 Å². The highest BCUT2D eigenvalue weighted by Gasteiger charge is 2.21. The lowest BCUT2D eigenvalue weighted by molar-refractivity contribution is 0.102. The number of aromatic nitrogens is 2. The largest absolute Gasteiger partial charge is 0.321 e. The van der Waals surface area contributed by atoms with Crippen LogP contribution in [0.5, 0.6) is 0 Å². The highest BCUT2D eigenvalue weighted by Crippen LogP contribution is 2.26. The quantitative estimate of drug-likeness (QED) is 0.846. The number of carbonyl (C=O) groups is 1. The lowest BCUT2D eigenvalue weighted by Gasteiger charge is -2.14. The van der Waals surface area contributed by atoms with E-state index in [1.54, 1.807) is 0 Å². The number of hydrogen-bond acceptors (Lipinski definition) is 5. The molecule has 1 aromatic heterocycles. The summed E-state index contributed by atoms with van der Waals surface area (Å²) >= 11 is 5.93. The van der Waals surface area contributed by atoms with Gasteiger partial charge in [0, 0.05) is 25.8 Å². The number of nitrogens with one attached hydrogen (secondary N) is 2. The molecule has 1 aromatic carbocycles. The van der Waals surface area contributed by atoms with Crippen molar-refractivity contribution in [1.82, 2.24) is 14.5 Å². The van der Waals surface area contributed by atoms with Gasteiger partial charge in [-0.3, -0.25) is 9.59 Å². The van der Waals surface area contributed by atoms with Gasteiger partial charge < -0.3 is 5.32 Å². The van der Waals surface area contributed by atoms with E-state index in [0.717, 1.165) is 10.4 Å². The highest BCUT2D eigenvalue weighted by molar-refractivity contribution is 7.89. The first kappa shape index (κ1) is 17.1. The molecule has 8 nitrogen and oxygen atoms in total. The molecule has 0 spiro atoms. The molecule has 0 aliphatic carbocycles. The van der Waals surface area contributed by atoms with Crippen LogP contribution in [0.1, 0.15) is 10.5 Å². The molecule has 0 atom stereocenters. The molecule has 0 radical (unpaired) electrons. The van der Waals surface area contributed by atoms with Crippen molar-refractivity contribution in [3.8, 4) is 0 Å². The molecule has 122 valence electrons. The number of sulfonamides is 1. The van der Waals surface area contributed by atoms with E-state index < -0.39 is 21.5 Å². The van der Waals surface area contributed by atoms with Crippen molar-refractivity contribution in [3.63, 3.8) is 0 Å². The molecule has 2 aromatic rings. The first-order chi connectivity index (χ1) is 10.7. The van der Waals surface area contributed by atoms with Crippen LogP contribution in [-0.4, -0.2) is 42.9 Å². The van der Waals surface area contributed by atoms with Crippen LogP contribution >= 0.6 is 11.6 Å². The van der Waals surface area contributed by atoms with E-state index in [0.29, 0.717) is 0 Å². The fraction of sp³-hybridized carbons (Fsp3) is 0.154. The zero-order chi connectivity index (χ0) is 17.2. The molecule has 0 fully saturated rings. The number of amides is 1. The molecule has 0 bridgehead atoms. The summed E-state index contributed by atoms with van der Waals surface area (Å²) in [5.41, 5.74) is -0.225. The second-order valence-electron chi connectivity index (χ2n) is 4.69. The Morgan fingerprint density at radius 3 is 2.52 bits per heavy atom. The maximum atomic E-state index is 12.2. The topological polar surface area (TPSA) is 112 Å². The Morgan fingerprint density at radius 2 is 1.96 bits per heavy atom. The molecular formula is C13H13ClN4O4S. The normalized spacial score (nSPS) is 11.5. The maximum absolute atomic E-state index is 12.2. The van der Waals surface area contributed by atoms with Gasteiger partial charge in [-0.1, -0.05) is 11.6 Å². The SMILES string of the molecule is CN(C)S(=O)(=O)c1cc(NC(=O)c2ccc(=O)[nH]n2)ccc1Cl. The van der Waals surface area contributed by atoms with Gasteiger partial charge in [0.05, 0.1) is 5.02 Å². The summed E-state index contributed by atoms with van der Waals surface area (Å²) in [7, 11) is -0.997. The standard InChI is InChI=1S/C13H13ClN4O4S/c1-18(2)23(21,22)11-7-8(3-4-9(11)14)15-13(20)10-5-6-12(19)17-16-10/h3-7H,1-2H3,(H,15,20)(H,17,19). The first-order valence-corrected chi connectivity index (χ1v) is 8.13. The molecule has 0 unspecified atom stereocenters. The van der Waals surface area contributed by atoms with Gasteiger partial charge in [-0.05, 0) is 24.3 Å². The number of aromatic amines is 1. The summed E-state index contributed by atoms with van der Waals surface area (Å²) in [5, 5.41) is 8.26. The first-order valence-electron chi connectivity index (χ1n) is 6.31. The number of carbonyl (C=O) groups excluding carboxylic acids is 1. The fourth-order valence-electron chi connectivity index (χ4n) is 1.64. The van der Waals surface area contributed by atoms with E-state index in [4.69, 9.17) is 11.6 Å². The molecule has 0 aliphatic heterocycles. The average molecular weight is 357 g/mol. The second kappa shape index (κ2) is 6.49. The van der Waals surface area contributed by atoms with Crippen LogP contribution in [0.3, 0.4) is 0 Å². The third-order valence-electron chi connectivity index (χ3n) is 2.86. The minimum Gasteiger partial charge on any atom is -0.321 e. The molecule has 0 saturated carbocycles. The van der Waals surface area contributed by atoms with Crippen molar-refractivity contribution in [1.29, 1.82) is 0 Å². The van der Waals surface area contributed by atoms with Gasteiger partial charge in [-0.25, -0.2) is 17.8 Å². The van der Waals surface area contributed by atoms with Crippen LogP contribution in [0.4, 0.5) is 5.69 Å². The van der Waals surface area contributed by atoms with E-state index in [-0.39, 0.29) is 21.3 Å². The number of benzene rings is 1. The maximum Gasteiger partial charge on any atom is 0.276 e. The van der Waals surface area contributed by atoms with Gasteiger partial charge in [0.1, 0.15) is 10.6 Å². The van der Waals surface area contributed by atoms with Gasteiger partial charge in [0.2, 0.25) is 10.0 Å². The third kappa shape index (κ3) is 3.76. The average Bonchev–Trinajstić information content (AvgIpc) is 2.49. The van der Waals surface area contributed by atoms with E-state index >= 15 is 0 Å². The highest BCUT2D eigenvalue weighted by atomic mass is 35.5. The summed E-state index contributed by atoms with van der Waals surface area (Å²) in [5.74, 6) is -0.600. The zero-order valence-electron chi connectivity index (χ0n) is 12.2.